The topological polar surface area (TPSA) is 79.3 Å². The zero-order valence-corrected chi connectivity index (χ0v) is 16.6. The number of hydrogen-bond acceptors (Lipinski definition) is 6. The molecule has 0 bridgehead atoms. The SMILES string of the molecule is CCOC(=O)C1=NN(c2ccc(C)cc2)[C@H]2C(=O)N(c3cccc(Cl)c3)C(=O)[C@H]12. The Hall–Kier alpha value is -3.19. The van der Waals surface area contributed by atoms with Crippen LogP contribution in [0.4, 0.5) is 11.4 Å². The number of benzene rings is 2. The summed E-state index contributed by atoms with van der Waals surface area (Å²) in [4.78, 5) is 40.0. The predicted molar refractivity (Wildman–Crippen MR) is 109 cm³/mol. The summed E-state index contributed by atoms with van der Waals surface area (Å²) in [6.45, 7) is 3.75. The Balaban J connectivity index is 1.79. The number of carbonyl (C=O) groups is 3. The maximum atomic E-state index is 13.3. The summed E-state index contributed by atoms with van der Waals surface area (Å²) in [6.07, 6.45) is 0. The Kier molecular flexibility index (Phi) is 4.84. The van der Waals surface area contributed by atoms with Crippen molar-refractivity contribution in [3.05, 3.63) is 59.1 Å². The standard InChI is InChI=1S/C21H18ClN3O4/c1-3-29-21(28)17-16-18(25(23-17)14-9-7-12(2)8-10-14)20(27)24(19(16)26)15-6-4-5-13(22)11-15/h4-11,16,18H,3H2,1-2H3/t16-,18-/m1/s1. The van der Waals surface area contributed by atoms with Gasteiger partial charge in [-0.2, -0.15) is 5.10 Å². The van der Waals surface area contributed by atoms with Gasteiger partial charge in [-0.3, -0.25) is 14.6 Å². The molecular weight excluding hydrogens is 394 g/mol. The number of hydrazone groups is 1. The number of anilines is 2. The third-order valence-corrected chi connectivity index (χ3v) is 5.13. The molecule has 2 aromatic carbocycles. The Bertz CT molecular complexity index is 1030. The van der Waals surface area contributed by atoms with Crippen LogP contribution < -0.4 is 9.91 Å². The van der Waals surface area contributed by atoms with Crippen molar-refractivity contribution in [1.29, 1.82) is 0 Å². The Morgan fingerprint density at radius 2 is 1.83 bits per heavy atom. The second-order valence-corrected chi connectivity index (χ2v) is 7.24. The van der Waals surface area contributed by atoms with Crippen LogP contribution in [0.15, 0.2) is 53.6 Å². The van der Waals surface area contributed by atoms with Crippen molar-refractivity contribution in [3.8, 4) is 0 Å². The molecule has 8 heteroatoms. The second-order valence-electron chi connectivity index (χ2n) is 6.80. The van der Waals surface area contributed by atoms with E-state index in [0.717, 1.165) is 10.5 Å². The van der Waals surface area contributed by atoms with E-state index in [4.69, 9.17) is 16.3 Å². The highest BCUT2D eigenvalue weighted by atomic mass is 35.5. The summed E-state index contributed by atoms with van der Waals surface area (Å²) in [5.74, 6) is -2.73. The number of hydrogen-bond donors (Lipinski definition) is 0. The lowest BCUT2D eigenvalue weighted by molar-refractivity contribution is -0.136. The fraction of sp³-hybridized carbons (Fsp3) is 0.238. The Labute approximate surface area is 172 Å². The summed E-state index contributed by atoms with van der Waals surface area (Å²) in [6, 6.07) is 12.9. The molecule has 1 fully saturated rings. The van der Waals surface area contributed by atoms with Crippen LogP contribution in [0.5, 0.6) is 0 Å². The van der Waals surface area contributed by atoms with Gasteiger partial charge in [0.15, 0.2) is 5.71 Å². The van der Waals surface area contributed by atoms with Gasteiger partial charge in [0.25, 0.3) is 5.91 Å². The maximum Gasteiger partial charge on any atom is 0.355 e. The summed E-state index contributed by atoms with van der Waals surface area (Å²) < 4.78 is 5.08. The molecule has 0 aliphatic carbocycles. The average molecular weight is 412 g/mol. The van der Waals surface area contributed by atoms with E-state index in [1.165, 1.54) is 11.1 Å². The second kappa shape index (κ2) is 7.33. The van der Waals surface area contributed by atoms with Gasteiger partial charge in [-0.1, -0.05) is 35.4 Å². The Morgan fingerprint density at radius 1 is 1.10 bits per heavy atom. The molecular formula is C21H18ClN3O4. The minimum absolute atomic E-state index is 0.0692. The summed E-state index contributed by atoms with van der Waals surface area (Å²) >= 11 is 6.04. The van der Waals surface area contributed by atoms with Crippen molar-refractivity contribution in [3.63, 3.8) is 0 Å². The fourth-order valence-electron chi connectivity index (χ4n) is 3.57. The molecule has 0 radical (unpaired) electrons. The quantitative estimate of drug-likeness (QED) is 0.571. The smallest absolute Gasteiger partial charge is 0.355 e. The number of nitrogens with zero attached hydrogens (tertiary/aromatic N) is 3. The lowest BCUT2D eigenvalue weighted by Crippen LogP contribution is -2.39. The first-order chi connectivity index (χ1) is 13.9. The molecule has 2 aliphatic heterocycles. The van der Waals surface area contributed by atoms with E-state index in [1.54, 1.807) is 37.3 Å². The van der Waals surface area contributed by atoms with E-state index in [-0.39, 0.29) is 12.3 Å². The van der Waals surface area contributed by atoms with Crippen molar-refractivity contribution >= 4 is 46.5 Å². The number of esters is 1. The molecule has 0 N–H and O–H groups in total. The number of amides is 2. The van der Waals surface area contributed by atoms with Crippen LogP contribution in [-0.2, 0) is 19.1 Å². The predicted octanol–water partition coefficient (Wildman–Crippen LogP) is 2.95. The fourth-order valence-corrected chi connectivity index (χ4v) is 3.75. The molecule has 1 saturated heterocycles. The highest BCUT2D eigenvalue weighted by molar-refractivity contribution is 6.47. The van der Waals surface area contributed by atoms with Crippen LogP contribution in [0.2, 0.25) is 5.02 Å². The number of halogens is 1. The third kappa shape index (κ3) is 3.17. The Morgan fingerprint density at radius 3 is 2.48 bits per heavy atom. The normalized spacial score (nSPS) is 20.7. The first-order valence-electron chi connectivity index (χ1n) is 9.17. The largest absolute Gasteiger partial charge is 0.461 e. The van der Waals surface area contributed by atoms with E-state index >= 15 is 0 Å². The molecule has 2 heterocycles. The average Bonchev–Trinajstić information content (AvgIpc) is 3.20. The van der Waals surface area contributed by atoms with Crippen molar-refractivity contribution in [2.24, 2.45) is 11.0 Å². The number of rotatable bonds is 4. The van der Waals surface area contributed by atoms with Gasteiger partial charge in [-0.05, 0) is 44.2 Å². The molecule has 2 aliphatic rings. The molecule has 0 unspecified atom stereocenters. The van der Waals surface area contributed by atoms with Gasteiger partial charge in [0, 0.05) is 5.02 Å². The lowest BCUT2D eigenvalue weighted by atomic mass is 9.97. The molecule has 0 saturated carbocycles. The highest BCUT2D eigenvalue weighted by Gasteiger charge is 2.59. The van der Waals surface area contributed by atoms with Crippen LogP contribution in [0, 0.1) is 12.8 Å². The van der Waals surface area contributed by atoms with E-state index in [2.05, 4.69) is 5.10 Å². The molecule has 148 valence electrons. The van der Waals surface area contributed by atoms with Crippen LogP contribution in [-0.4, -0.2) is 36.1 Å². The number of carbonyl (C=O) groups excluding carboxylic acids is 3. The zero-order valence-electron chi connectivity index (χ0n) is 15.8. The van der Waals surface area contributed by atoms with Gasteiger partial charge in [-0.15, -0.1) is 0 Å². The molecule has 0 aromatic heterocycles. The zero-order chi connectivity index (χ0) is 20.7. The molecule has 4 rings (SSSR count). The van der Waals surface area contributed by atoms with Crippen LogP contribution in [0.3, 0.4) is 0 Å². The molecule has 2 amide bonds. The van der Waals surface area contributed by atoms with Gasteiger partial charge in [-0.25, -0.2) is 9.69 Å². The molecule has 0 spiro atoms. The molecule has 29 heavy (non-hydrogen) atoms. The minimum atomic E-state index is -1.04. The number of imide groups is 1. The van der Waals surface area contributed by atoms with Gasteiger partial charge in [0.05, 0.1) is 18.0 Å². The third-order valence-electron chi connectivity index (χ3n) is 4.90. The van der Waals surface area contributed by atoms with Crippen LogP contribution in [0.25, 0.3) is 0 Å². The first kappa shape index (κ1) is 19.1. The van der Waals surface area contributed by atoms with Gasteiger partial charge in [0.2, 0.25) is 5.91 Å². The number of fused-ring (bicyclic) bond motifs is 1. The van der Waals surface area contributed by atoms with Gasteiger partial charge >= 0.3 is 5.97 Å². The van der Waals surface area contributed by atoms with Crippen molar-refractivity contribution in [2.45, 2.75) is 19.9 Å². The molecule has 2 atom stereocenters. The van der Waals surface area contributed by atoms with Crippen LogP contribution >= 0.6 is 11.6 Å². The van der Waals surface area contributed by atoms with Gasteiger partial charge < -0.3 is 4.74 Å². The molecule has 2 aromatic rings. The van der Waals surface area contributed by atoms with E-state index in [9.17, 15) is 14.4 Å². The summed E-state index contributed by atoms with van der Waals surface area (Å²) in [5.41, 5.74) is 1.93. The van der Waals surface area contributed by atoms with Crippen molar-refractivity contribution in [1.82, 2.24) is 0 Å². The van der Waals surface area contributed by atoms with E-state index < -0.39 is 29.7 Å². The maximum absolute atomic E-state index is 13.3. The molecule has 7 nitrogen and oxygen atoms in total. The van der Waals surface area contributed by atoms with E-state index in [0.29, 0.717) is 16.4 Å². The lowest BCUT2D eigenvalue weighted by Gasteiger charge is -2.22. The number of aryl methyl sites for hydroxylation is 1. The van der Waals surface area contributed by atoms with Gasteiger partial charge in [0.1, 0.15) is 12.0 Å². The van der Waals surface area contributed by atoms with E-state index in [1.807, 2.05) is 19.1 Å². The minimum Gasteiger partial charge on any atom is -0.461 e. The summed E-state index contributed by atoms with van der Waals surface area (Å²) in [7, 11) is 0. The highest BCUT2D eigenvalue weighted by Crippen LogP contribution is 2.38. The number of ether oxygens (including phenoxy) is 1. The first-order valence-corrected chi connectivity index (χ1v) is 9.55. The van der Waals surface area contributed by atoms with Crippen molar-refractivity contribution < 1.29 is 19.1 Å². The summed E-state index contributed by atoms with van der Waals surface area (Å²) in [5, 5.41) is 6.15. The van der Waals surface area contributed by atoms with Crippen LogP contribution in [0.1, 0.15) is 12.5 Å². The monoisotopic (exact) mass is 411 g/mol. The van der Waals surface area contributed by atoms with Crippen molar-refractivity contribution in [2.75, 3.05) is 16.5 Å².